The van der Waals surface area contributed by atoms with Gasteiger partial charge in [0.2, 0.25) is 39.5 Å². The molecule has 0 unspecified atom stereocenters. The monoisotopic (exact) mass is 1540 g/mol. The number of aromatic nitrogens is 6. The number of ether oxygens (including phenoxy) is 5. The average molecular weight is 1550 g/mol. The zero-order valence-electron chi connectivity index (χ0n) is 64.4. The number of aromatic amines is 2. The number of hydrogen-bond donors (Lipinski definition) is 7. The third-order valence-corrected chi connectivity index (χ3v) is 24.1. The Balaban J connectivity index is 0.000000195. The highest BCUT2D eigenvalue weighted by Crippen LogP contribution is 2.47. The molecule has 8 amide bonds. The minimum Gasteiger partial charge on any atom is -0.497 e. The molecule has 4 aliphatic heterocycles. The quantitative estimate of drug-likeness (QED) is 0.0310. The van der Waals surface area contributed by atoms with Crippen molar-refractivity contribution >= 4 is 79.8 Å². The number of amides is 8. The zero-order chi connectivity index (χ0) is 79.0. The summed E-state index contributed by atoms with van der Waals surface area (Å²) in [5.41, 5.74) is 4.75. The van der Waals surface area contributed by atoms with E-state index in [2.05, 4.69) is 58.6 Å². The molecule has 6 fully saturated rings. The molecule has 7 aliphatic rings. The number of carbonyl (C=O) groups is 8. The van der Waals surface area contributed by atoms with Crippen molar-refractivity contribution in [3.8, 4) is 45.5 Å². The van der Waals surface area contributed by atoms with Crippen LogP contribution in [0.15, 0.2) is 96.2 Å². The number of H-pyrrole nitrogens is 2. The largest absolute Gasteiger partial charge is 0.497 e. The Kier molecular flexibility index (Phi) is 22.9. The summed E-state index contributed by atoms with van der Waals surface area (Å²) < 4.78 is 61.1. The maximum atomic E-state index is 14.6. The molecule has 31 heteroatoms. The number of nitrogens with zero attached hydrogens (tertiary/aromatic N) is 7. The molecule has 0 spiro atoms. The van der Waals surface area contributed by atoms with E-state index in [0.29, 0.717) is 72.4 Å². The Morgan fingerprint density at radius 3 is 1.92 bits per heavy atom. The maximum Gasteiger partial charge on any atom is 0.408 e. The first kappa shape index (κ1) is 78.5. The van der Waals surface area contributed by atoms with Gasteiger partial charge >= 0.3 is 18.3 Å². The van der Waals surface area contributed by atoms with Crippen LogP contribution in [0.5, 0.6) is 11.6 Å². The number of alkyl carbamates (subject to hydrolysis) is 3. The number of sulfonamides is 1. The average Bonchev–Trinajstić information content (AvgIpc) is 1.57. The number of rotatable bonds is 18. The number of benzene rings is 3. The van der Waals surface area contributed by atoms with Gasteiger partial charge in [-0.15, -0.1) is 6.58 Å². The molecule has 111 heavy (non-hydrogen) atoms. The van der Waals surface area contributed by atoms with Crippen LogP contribution >= 0.6 is 0 Å². The molecule has 3 aromatic carbocycles. The summed E-state index contributed by atoms with van der Waals surface area (Å²) in [6.45, 7) is 17.9. The third-order valence-electron chi connectivity index (χ3n) is 22.2. The molecule has 0 radical (unpaired) electrons. The Bertz CT molecular complexity index is 4800. The van der Waals surface area contributed by atoms with Crippen molar-refractivity contribution in [1.82, 2.24) is 70.6 Å². The van der Waals surface area contributed by atoms with E-state index in [-0.39, 0.29) is 67.1 Å². The van der Waals surface area contributed by atoms with Crippen molar-refractivity contribution in [2.45, 2.75) is 198 Å². The fourth-order valence-corrected chi connectivity index (χ4v) is 16.9. The van der Waals surface area contributed by atoms with E-state index in [0.717, 1.165) is 103 Å². The minimum absolute atomic E-state index is 0.0245. The fourth-order valence-electron chi connectivity index (χ4n) is 15.5. The lowest BCUT2D eigenvalue weighted by Crippen LogP contribution is -2.60. The summed E-state index contributed by atoms with van der Waals surface area (Å²) >= 11 is 0. The first-order valence-corrected chi connectivity index (χ1v) is 40.0. The highest BCUT2D eigenvalue weighted by Gasteiger charge is 2.62. The zero-order valence-corrected chi connectivity index (χ0v) is 65.2. The third kappa shape index (κ3) is 17.3. The van der Waals surface area contributed by atoms with Crippen molar-refractivity contribution in [2.24, 2.45) is 29.1 Å². The van der Waals surface area contributed by atoms with Crippen LogP contribution < -0.4 is 35.5 Å². The van der Waals surface area contributed by atoms with Gasteiger partial charge in [-0.25, -0.2) is 42.7 Å². The summed E-state index contributed by atoms with van der Waals surface area (Å²) in [5, 5.41) is 11.3. The topological polar surface area (TPSA) is 383 Å². The number of hydrogen-bond acceptors (Lipinski definition) is 20. The molecule has 2 bridgehead atoms. The van der Waals surface area contributed by atoms with Crippen molar-refractivity contribution in [3.63, 3.8) is 0 Å². The lowest BCUT2D eigenvalue weighted by Gasteiger charge is -2.35. The first-order chi connectivity index (χ1) is 53.1. The van der Waals surface area contributed by atoms with Gasteiger partial charge in [0, 0.05) is 48.0 Å². The van der Waals surface area contributed by atoms with Crippen LogP contribution in [0, 0.1) is 29.1 Å². The Morgan fingerprint density at radius 1 is 0.712 bits per heavy atom. The van der Waals surface area contributed by atoms with E-state index in [9.17, 15) is 46.8 Å². The van der Waals surface area contributed by atoms with E-state index in [4.69, 9.17) is 38.1 Å². The molecule has 3 saturated carbocycles. The van der Waals surface area contributed by atoms with Crippen molar-refractivity contribution in [3.05, 3.63) is 109 Å². The van der Waals surface area contributed by atoms with Gasteiger partial charge in [-0.1, -0.05) is 91.6 Å². The molecule has 8 heterocycles. The molecule has 7 aromatic rings. The van der Waals surface area contributed by atoms with Crippen LogP contribution in [0.3, 0.4) is 0 Å². The van der Waals surface area contributed by atoms with Gasteiger partial charge in [0.1, 0.15) is 76.3 Å². The van der Waals surface area contributed by atoms with E-state index in [1.807, 2.05) is 103 Å². The molecular weight excluding hydrogens is 1450 g/mol. The molecule has 7 N–H and O–H groups in total. The number of furan rings is 1. The minimum atomic E-state index is -3.90. The second-order valence-corrected chi connectivity index (χ2v) is 33.8. The van der Waals surface area contributed by atoms with Gasteiger partial charge in [-0.3, -0.25) is 28.7 Å². The number of imidazole rings is 2. The molecule has 592 valence electrons. The second-order valence-electron chi connectivity index (χ2n) is 31.9. The highest BCUT2D eigenvalue weighted by molar-refractivity contribution is 7.91. The predicted molar refractivity (Wildman–Crippen MR) is 409 cm³/mol. The molecule has 30 nitrogen and oxygen atoms in total. The van der Waals surface area contributed by atoms with E-state index in [1.54, 1.807) is 35.4 Å². The number of likely N-dealkylation sites (tertiary alicyclic amines) is 2. The molecule has 3 aliphatic carbocycles. The van der Waals surface area contributed by atoms with Crippen LogP contribution in [0.1, 0.15) is 161 Å². The number of methoxy groups -OCH3 is 3. The van der Waals surface area contributed by atoms with Gasteiger partial charge in [0.05, 0.1) is 80.0 Å². The Hall–Kier alpha value is -10.6. The molecule has 14 rings (SSSR count). The fraction of sp³-hybridized carbons (Fsp3) is 0.525. The maximum absolute atomic E-state index is 14.6. The number of aryl methyl sites for hydroxylation is 1. The first-order valence-electron chi connectivity index (χ1n) is 38.4. The Labute approximate surface area is 644 Å². The van der Waals surface area contributed by atoms with Crippen LogP contribution in [0.4, 0.5) is 14.4 Å². The van der Waals surface area contributed by atoms with Gasteiger partial charge in [-0.2, -0.15) is 0 Å². The molecular formula is C80H100N14O16S. The smallest absolute Gasteiger partial charge is 0.408 e. The summed E-state index contributed by atoms with van der Waals surface area (Å²) in [6.07, 6.45) is 11.5. The Morgan fingerprint density at radius 2 is 1.33 bits per heavy atom. The van der Waals surface area contributed by atoms with E-state index >= 15 is 0 Å². The number of nitrogens with one attached hydrogen (secondary N) is 7. The highest BCUT2D eigenvalue weighted by atomic mass is 32.2. The number of carbonyl (C=O) groups excluding carboxylic acids is 8. The van der Waals surface area contributed by atoms with Gasteiger partial charge < -0.3 is 74.0 Å². The van der Waals surface area contributed by atoms with Gasteiger partial charge in [0.25, 0.3) is 5.91 Å². The van der Waals surface area contributed by atoms with Crippen molar-refractivity contribution in [2.75, 3.05) is 41.0 Å². The molecule has 4 aromatic heterocycles. The number of fused-ring (bicyclic) bond motifs is 6. The van der Waals surface area contributed by atoms with Gasteiger partial charge in [-0.05, 0) is 136 Å². The van der Waals surface area contributed by atoms with Crippen LogP contribution in [-0.2, 0) is 54.6 Å². The molecule has 11 atom stereocenters. The van der Waals surface area contributed by atoms with Crippen LogP contribution in [0.25, 0.3) is 55.8 Å². The standard InChI is InChI=1S/C42H50N8O7.C38H50N6O9S/c1-23(2)35(47-41(53)55-5)39(51)49-17-7-9-31(49)37-43-21-29(45-37)25-11-13-26(14-12-25)34-20-28-19-27(15-16-33(28)57-34)30-22-44-38(46-30)32-10-8-18-50(32)40(52)36(24(3)4)48-42(54)56-6;1-6-22-19-38(22,35(47)43-54(49,50)25-13-14-25)42-32(45)29-18-24-20-44(29)34(46)31(37(2,3)4)41-36(48)53-30-16-21(30)10-8-7-9-11-27-33(52-24)40-28-17-23(51-5)12-15-26(28)39-27/h11-16,19-24,31-32,35-36H,7-10,17-18H2,1-6H3,(H,43,45)(H,44,46)(H,47,53)(H,48,54);6,12,15,17,21-22,24-25,29-31H,1,7-11,13-14,16,18-20H2,2-5H3,(H,41,48)(H,42,45)(H,43,47)/t31-,32-,35-,36-;21-,22-,24-,29+,30-,31-,38-/m01/s1. The summed E-state index contributed by atoms with van der Waals surface area (Å²) in [4.78, 5) is 138. The predicted octanol–water partition coefficient (Wildman–Crippen LogP) is 10.3. The summed E-state index contributed by atoms with van der Waals surface area (Å²) in [7, 11) is 0.238. The van der Waals surface area contributed by atoms with Crippen LogP contribution in [-0.4, -0.2) is 189 Å². The van der Waals surface area contributed by atoms with Crippen LogP contribution in [0.2, 0.25) is 0 Å². The van der Waals surface area contributed by atoms with Crippen molar-refractivity contribution < 1.29 is 74.9 Å². The SMILES string of the molecule is C=C[C@@H]1C[C@]1(NC(=O)[C@@H]1C[C@@H]2CN1C(=O)[C@H](C(C)(C)C)NC(=O)O[C@@H]1C[C@H]1CCCCCc1nc3ccc(OC)cc3nc1O2)C(=O)NS(=O)(=O)C1CC1.COC(=O)N[C@H](C(=O)N1CCC[C@H]1c1ncc(-c2ccc(-c3cc4cc(-c5cnc([C@@H]6CCCN6C(=O)[C@@H](NC(=O)OC)C(C)C)[nH]5)ccc4o3)cc2)[nH]1)C(C)C. The summed E-state index contributed by atoms with van der Waals surface area (Å²) in [5.74, 6) is 0.218. The lowest BCUT2D eigenvalue weighted by molar-refractivity contribution is -0.143. The van der Waals surface area contributed by atoms with Crippen molar-refractivity contribution in [1.29, 1.82) is 0 Å². The van der Waals surface area contributed by atoms with Gasteiger partial charge in [0.15, 0.2) is 0 Å². The molecule has 3 saturated heterocycles. The second kappa shape index (κ2) is 32.4. The van der Waals surface area contributed by atoms with E-state index in [1.165, 1.54) is 25.2 Å². The lowest BCUT2D eigenvalue weighted by atomic mass is 9.85. The normalized spacial score (nSPS) is 23.9. The summed E-state index contributed by atoms with van der Waals surface area (Å²) in [6, 6.07) is 17.4. The van der Waals surface area contributed by atoms with E-state index < -0.39 is 98.4 Å².